The van der Waals surface area contributed by atoms with Crippen LogP contribution in [0.5, 0.6) is 17.2 Å². The predicted octanol–water partition coefficient (Wildman–Crippen LogP) is 4.04. The number of carbonyl (C=O) groups excluding carboxylic acids is 2. The summed E-state index contributed by atoms with van der Waals surface area (Å²) < 4.78 is 5.57. The largest absolute Gasteiger partial charge is 0.508 e. The first-order valence-electron chi connectivity index (χ1n) is 12.1. The molecule has 3 heterocycles. The predicted molar refractivity (Wildman–Crippen MR) is 130 cm³/mol. The fourth-order valence-corrected chi connectivity index (χ4v) is 6.06. The van der Waals surface area contributed by atoms with E-state index in [1.54, 1.807) is 42.3 Å². The number of hydrogen-bond donors (Lipinski definition) is 2. The van der Waals surface area contributed by atoms with Gasteiger partial charge in [-0.05, 0) is 49.6 Å². The minimum absolute atomic E-state index is 0.0195. The highest BCUT2D eigenvalue weighted by Gasteiger charge is 2.55. The second kappa shape index (κ2) is 8.52. The molecule has 0 saturated carbocycles. The molecular formula is C27H31N3O5. The lowest BCUT2D eigenvalue weighted by atomic mass is 9.82. The Morgan fingerprint density at radius 1 is 1.14 bits per heavy atom. The molecule has 2 N–H and O–H groups in total. The van der Waals surface area contributed by atoms with Crippen LogP contribution in [0.3, 0.4) is 0 Å². The van der Waals surface area contributed by atoms with Crippen LogP contribution in [0.4, 0.5) is 4.79 Å². The van der Waals surface area contributed by atoms with E-state index in [0.29, 0.717) is 50.3 Å². The Bertz CT molecular complexity index is 1220. The number of piperidine rings is 1. The molecule has 1 spiro atoms. The van der Waals surface area contributed by atoms with Gasteiger partial charge in [-0.1, -0.05) is 19.1 Å². The zero-order valence-corrected chi connectivity index (χ0v) is 20.3. The number of likely N-dealkylation sites (N-methyl/N-ethyl adjacent to an activating group) is 1. The van der Waals surface area contributed by atoms with Crippen LogP contribution in [-0.2, 0) is 6.54 Å². The van der Waals surface area contributed by atoms with Gasteiger partial charge in [0.25, 0.3) is 5.91 Å². The van der Waals surface area contributed by atoms with Gasteiger partial charge in [0.05, 0.1) is 19.2 Å². The minimum atomic E-state index is -0.493. The Labute approximate surface area is 205 Å². The summed E-state index contributed by atoms with van der Waals surface area (Å²) in [5, 5.41) is 20.0. The maximum absolute atomic E-state index is 13.6. The van der Waals surface area contributed by atoms with Gasteiger partial charge in [-0.25, -0.2) is 4.79 Å². The number of carbonyl (C=O) groups is 2. The number of fused-ring (bicyclic) bond motifs is 3. The van der Waals surface area contributed by atoms with Gasteiger partial charge in [0, 0.05) is 48.4 Å². The number of likely N-dealkylation sites (tertiary alicyclic amines) is 1. The molecule has 8 nitrogen and oxygen atoms in total. The summed E-state index contributed by atoms with van der Waals surface area (Å²) in [6.45, 7) is 6.02. The highest BCUT2D eigenvalue weighted by atomic mass is 16.5. The first kappa shape index (κ1) is 23.1. The molecule has 3 amide bonds. The molecule has 2 fully saturated rings. The van der Waals surface area contributed by atoms with Gasteiger partial charge in [0.2, 0.25) is 0 Å². The van der Waals surface area contributed by atoms with Gasteiger partial charge in [-0.2, -0.15) is 0 Å². The highest BCUT2D eigenvalue weighted by molar-refractivity contribution is 5.94. The summed E-state index contributed by atoms with van der Waals surface area (Å²) in [5.74, 6) is 0.663. The number of rotatable bonds is 3. The van der Waals surface area contributed by atoms with Gasteiger partial charge in [-0.3, -0.25) is 9.69 Å². The Morgan fingerprint density at radius 3 is 2.54 bits per heavy atom. The number of ether oxygens (including phenoxy) is 1. The molecule has 8 heteroatoms. The molecule has 2 aromatic rings. The fourth-order valence-electron chi connectivity index (χ4n) is 6.06. The van der Waals surface area contributed by atoms with Crippen molar-refractivity contribution >= 4 is 11.9 Å². The molecule has 3 aliphatic rings. The number of aromatic hydroxyl groups is 2. The van der Waals surface area contributed by atoms with Crippen molar-refractivity contribution in [3.8, 4) is 17.2 Å². The topological polar surface area (TPSA) is 93.6 Å². The molecule has 0 unspecified atom stereocenters. The van der Waals surface area contributed by atoms with Crippen LogP contribution in [-0.4, -0.2) is 69.1 Å². The van der Waals surface area contributed by atoms with Gasteiger partial charge in [0.1, 0.15) is 17.2 Å². The Hall–Kier alpha value is -3.68. The summed E-state index contributed by atoms with van der Waals surface area (Å²) in [6, 6.07) is 9.70. The van der Waals surface area contributed by atoms with E-state index in [9.17, 15) is 19.8 Å². The minimum Gasteiger partial charge on any atom is -0.508 e. The Kier molecular flexibility index (Phi) is 5.62. The van der Waals surface area contributed by atoms with E-state index in [4.69, 9.17) is 4.74 Å². The van der Waals surface area contributed by atoms with Crippen LogP contribution >= 0.6 is 0 Å². The number of nitrogens with zero attached hydrogens (tertiary/aromatic N) is 3. The van der Waals surface area contributed by atoms with Gasteiger partial charge >= 0.3 is 6.03 Å². The summed E-state index contributed by atoms with van der Waals surface area (Å²) >= 11 is 0. The lowest BCUT2D eigenvalue weighted by Crippen LogP contribution is -2.54. The van der Waals surface area contributed by atoms with Crippen molar-refractivity contribution in [2.45, 2.75) is 44.7 Å². The summed E-state index contributed by atoms with van der Waals surface area (Å²) in [4.78, 5) is 32.3. The summed E-state index contributed by atoms with van der Waals surface area (Å²) in [5.41, 5.74) is 2.79. The number of methoxy groups -OCH3 is 1. The van der Waals surface area contributed by atoms with E-state index in [2.05, 4.69) is 13.0 Å². The van der Waals surface area contributed by atoms with Gasteiger partial charge in [0.15, 0.2) is 0 Å². The number of amides is 3. The number of phenols is 2. The summed E-state index contributed by atoms with van der Waals surface area (Å²) in [7, 11) is 1.59. The number of phenolic OH excluding ortho intramolecular Hbond substituents is 2. The molecule has 0 bridgehead atoms. The van der Waals surface area contributed by atoms with Crippen molar-refractivity contribution in [3.05, 3.63) is 64.9 Å². The van der Waals surface area contributed by atoms with Crippen LogP contribution < -0.4 is 4.74 Å². The lowest BCUT2D eigenvalue weighted by molar-refractivity contribution is 0.0575. The maximum atomic E-state index is 13.6. The smallest absolute Gasteiger partial charge is 0.325 e. The molecular weight excluding hydrogens is 446 g/mol. The van der Waals surface area contributed by atoms with Crippen LogP contribution in [0.15, 0.2) is 48.2 Å². The van der Waals surface area contributed by atoms with Gasteiger partial charge < -0.3 is 24.7 Å². The van der Waals surface area contributed by atoms with Crippen molar-refractivity contribution in [1.82, 2.24) is 14.7 Å². The average molecular weight is 478 g/mol. The SMILES string of the molecule is CCN1C(=O)N2Cc3cc(O)cc(OC)c3[C@@H](C)C=C2C12CCN(C(=O)c1cccc(O)c1)CC2. The maximum Gasteiger partial charge on any atom is 0.325 e. The van der Waals surface area contributed by atoms with Crippen LogP contribution in [0.25, 0.3) is 0 Å². The number of allylic oxidation sites excluding steroid dienone is 1. The third-order valence-electron chi connectivity index (χ3n) is 7.66. The lowest BCUT2D eigenvalue weighted by Gasteiger charge is -2.44. The second-order valence-electron chi connectivity index (χ2n) is 9.55. The van der Waals surface area contributed by atoms with E-state index >= 15 is 0 Å². The molecule has 3 aliphatic heterocycles. The fraction of sp³-hybridized carbons (Fsp3) is 0.407. The molecule has 2 saturated heterocycles. The van der Waals surface area contributed by atoms with E-state index in [1.165, 1.54) is 6.07 Å². The van der Waals surface area contributed by atoms with E-state index < -0.39 is 5.54 Å². The molecule has 5 rings (SSSR count). The van der Waals surface area contributed by atoms with Crippen LogP contribution in [0.2, 0.25) is 0 Å². The average Bonchev–Trinajstić information content (AvgIpc) is 2.95. The quantitative estimate of drug-likeness (QED) is 0.696. The third kappa shape index (κ3) is 3.59. The van der Waals surface area contributed by atoms with Crippen LogP contribution in [0.1, 0.15) is 54.1 Å². The third-order valence-corrected chi connectivity index (χ3v) is 7.66. The van der Waals surface area contributed by atoms with E-state index in [1.807, 2.05) is 16.7 Å². The van der Waals surface area contributed by atoms with Crippen molar-refractivity contribution < 1.29 is 24.5 Å². The van der Waals surface area contributed by atoms with E-state index in [0.717, 1.165) is 16.8 Å². The Balaban J connectivity index is 1.48. The monoisotopic (exact) mass is 477 g/mol. The first-order chi connectivity index (χ1) is 16.8. The zero-order chi connectivity index (χ0) is 24.9. The van der Waals surface area contributed by atoms with Crippen molar-refractivity contribution in [1.29, 1.82) is 0 Å². The Morgan fingerprint density at radius 2 is 1.89 bits per heavy atom. The van der Waals surface area contributed by atoms with Crippen LogP contribution in [0, 0.1) is 0 Å². The molecule has 0 aromatic heterocycles. The van der Waals surface area contributed by atoms with E-state index in [-0.39, 0.29) is 29.4 Å². The summed E-state index contributed by atoms with van der Waals surface area (Å²) in [6.07, 6.45) is 3.42. The molecule has 35 heavy (non-hydrogen) atoms. The molecule has 0 radical (unpaired) electrons. The molecule has 184 valence electrons. The van der Waals surface area contributed by atoms with Crippen molar-refractivity contribution in [3.63, 3.8) is 0 Å². The zero-order valence-electron chi connectivity index (χ0n) is 20.3. The molecule has 2 aromatic carbocycles. The van der Waals surface area contributed by atoms with Crippen molar-refractivity contribution in [2.75, 3.05) is 26.7 Å². The second-order valence-corrected chi connectivity index (χ2v) is 9.55. The number of urea groups is 1. The number of hydrogen-bond acceptors (Lipinski definition) is 5. The standard InChI is InChI=1S/C27H31N3O5/c1-4-30-26(34)29-16-19-14-21(32)15-22(35-3)24(19)17(2)12-23(29)27(30)8-10-28(11-9-27)25(33)18-6-5-7-20(31)13-18/h5-7,12-15,17,31-32H,4,8-11,16H2,1-3H3/t17-/m0/s1. The normalized spacial score (nSPS) is 20.9. The van der Waals surface area contributed by atoms with Crippen molar-refractivity contribution in [2.24, 2.45) is 0 Å². The first-order valence-corrected chi connectivity index (χ1v) is 12.1. The number of benzene rings is 2. The van der Waals surface area contributed by atoms with Gasteiger partial charge in [-0.15, -0.1) is 0 Å². The highest BCUT2D eigenvalue weighted by Crippen LogP contribution is 2.49. The molecule has 0 aliphatic carbocycles. The molecule has 1 atom stereocenters.